The Morgan fingerprint density at radius 2 is 1.77 bits per heavy atom. The first-order valence-electron chi connectivity index (χ1n) is 7.87. The molecule has 138 valence electrons. The fourth-order valence-corrected chi connectivity index (χ4v) is 3.13. The molecule has 26 heavy (non-hydrogen) atoms. The van der Waals surface area contributed by atoms with Crippen molar-refractivity contribution < 1.29 is 22.7 Å². The molecule has 2 rings (SSSR count). The number of carbonyl (C=O) groups is 2. The summed E-state index contributed by atoms with van der Waals surface area (Å²) >= 11 is 0. The Morgan fingerprint density at radius 3 is 2.42 bits per heavy atom. The van der Waals surface area contributed by atoms with E-state index in [0.29, 0.717) is 0 Å². The van der Waals surface area contributed by atoms with Crippen LogP contribution in [0.15, 0.2) is 53.4 Å². The van der Waals surface area contributed by atoms with Crippen LogP contribution in [-0.4, -0.2) is 45.3 Å². The summed E-state index contributed by atoms with van der Waals surface area (Å²) in [4.78, 5) is 24.5. The molecule has 2 aromatic rings. The third kappa shape index (κ3) is 4.27. The number of esters is 1. The summed E-state index contributed by atoms with van der Waals surface area (Å²) < 4.78 is 30.5. The molecule has 1 amide bonds. The lowest BCUT2D eigenvalue weighted by molar-refractivity contribution is 0.0527. The highest BCUT2D eigenvalue weighted by Crippen LogP contribution is 2.19. The van der Waals surface area contributed by atoms with E-state index < -0.39 is 21.9 Å². The number of nitrogens with one attached hydrogen (secondary N) is 1. The fourth-order valence-electron chi connectivity index (χ4n) is 2.18. The normalized spacial score (nSPS) is 11.2. The molecule has 2 aromatic carbocycles. The lowest BCUT2D eigenvalue weighted by Gasteiger charge is -2.13. The highest BCUT2D eigenvalue weighted by Gasteiger charge is 2.20. The Kier molecular flexibility index (Phi) is 6.12. The van der Waals surface area contributed by atoms with Gasteiger partial charge in [0.2, 0.25) is 10.0 Å². The number of hydrogen-bond acceptors (Lipinski definition) is 5. The smallest absolute Gasteiger partial charge is 0.340 e. The van der Waals surface area contributed by atoms with Gasteiger partial charge in [0.25, 0.3) is 5.91 Å². The number of benzene rings is 2. The van der Waals surface area contributed by atoms with E-state index in [1.807, 2.05) is 0 Å². The molecule has 0 saturated heterocycles. The average Bonchev–Trinajstić information content (AvgIpc) is 2.62. The van der Waals surface area contributed by atoms with Crippen LogP contribution in [0.25, 0.3) is 0 Å². The minimum atomic E-state index is -3.66. The Labute approximate surface area is 152 Å². The number of carbonyl (C=O) groups excluding carboxylic acids is 2. The average molecular weight is 376 g/mol. The Hall–Kier alpha value is -2.71. The Morgan fingerprint density at radius 1 is 1.08 bits per heavy atom. The van der Waals surface area contributed by atoms with Gasteiger partial charge in [0.1, 0.15) is 0 Å². The molecule has 0 aliphatic rings. The Balaban J connectivity index is 2.31. The van der Waals surface area contributed by atoms with Crippen molar-refractivity contribution in [3.8, 4) is 0 Å². The second-order valence-corrected chi connectivity index (χ2v) is 7.69. The highest BCUT2D eigenvalue weighted by molar-refractivity contribution is 7.89. The predicted molar refractivity (Wildman–Crippen MR) is 97.7 cm³/mol. The third-order valence-electron chi connectivity index (χ3n) is 3.55. The molecule has 1 N–H and O–H groups in total. The van der Waals surface area contributed by atoms with Gasteiger partial charge < -0.3 is 10.1 Å². The monoisotopic (exact) mass is 376 g/mol. The lowest BCUT2D eigenvalue weighted by Crippen LogP contribution is -2.23. The third-order valence-corrected chi connectivity index (χ3v) is 5.36. The van der Waals surface area contributed by atoms with Crippen molar-refractivity contribution in [3.05, 3.63) is 59.7 Å². The number of amides is 1. The van der Waals surface area contributed by atoms with Crippen LogP contribution in [-0.2, 0) is 14.8 Å². The number of sulfonamides is 1. The maximum Gasteiger partial charge on any atom is 0.340 e. The van der Waals surface area contributed by atoms with Gasteiger partial charge in [0.15, 0.2) is 0 Å². The molecule has 0 aromatic heterocycles. The zero-order valence-corrected chi connectivity index (χ0v) is 15.5. The van der Waals surface area contributed by atoms with Crippen molar-refractivity contribution in [1.82, 2.24) is 4.31 Å². The molecule has 0 unspecified atom stereocenters. The van der Waals surface area contributed by atoms with Gasteiger partial charge in [-0.15, -0.1) is 0 Å². The van der Waals surface area contributed by atoms with Crippen molar-refractivity contribution in [1.29, 1.82) is 0 Å². The van der Waals surface area contributed by atoms with Gasteiger partial charge in [0, 0.05) is 19.7 Å². The van der Waals surface area contributed by atoms with E-state index >= 15 is 0 Å². The van der Waals surface area contributed by atoms with Gasteiger partial charge in [-0.1, -0.05) is 18.2 Å². The standard InChI is InChI=1S/C18H20N2O5S/c1-4-25-18(22)15-10-5-6-11-16(15)19-17(21)13-8-7-9-14(12-13)26(23,24)20(2)3/h5-12H,4H2,1-3H3,(H,19,21). The molecule has 0 aliphatic carbocycles. The van der Waals surface area contributed by atoms with Crippen LogP contribution >= 0.6 is 0 Å². The molecule has 0 spiro atoms. The summed E-state index contributed by atoms with van der Waals surface area (Å²) in [5.74, 6) is -1.08. The number of para-hydroxylation sites is 1. The van der Waals surface area contributed by atoms with E-state index in [1.165, 1.54) is 38.4 Å². The molecule has 0 radical (unpaired) electrons. The zero-order valence-electron chi connectivity index (χ0n) is 14.7. The first-order chi connectivity index (χ1) is 12.3. The lowest BCUT2D eigenvalue weighted by atomic mass is 10.1. The predicted octanol–water partition coefficient (Wildman–Crippen LogP) is 2.37. The number of anilines is 1. The first-order valence-corrected chi connectivity index (χ1v) is 9.31. The number of ether oxygens (including phenoxy) is 1. The van der Waals surface area contributed by atoms with Gasteiger partial charge in [-0.2, -0.15) is 0 Å². The summed E-state index contributed by atoms with van der Waals surface area (Å²) in [6, 6.07) is 12.1. The second-order valence-electron chi connectivity index (χ2n) is 5.54. The second kappa shape index (κ2) is 8.11. The van der Waals surface area contributed by atoms with Crippen molar-refractivity contribution in [2.24, 2.45) is 0 Å². The van der Waals surface area contributed by atoms with Gasteiger partial charge in [-0.05, 0) is 37.3 Å². The maximum atomic E-state index is 12.5. The van der Waals surface area contributed by atoms with E-state index in [0.717, 1.165) is 4.31 Å². The molecule has 7 nitrogen and oxygen atoms in total. The number of hydrogen-bond donors (Lipinski definition) is 1. The van der Waals surface area contributed by atoms with Crippen molar-refractivity contribution in [2.75, 3.05) is 26.0 Å². The van der Waals surface area contributed by atoms with E-state index in [4.69, 9.17) is 4.74 Å². The summed E-state index contributed by atoms with van der Waals surface area (Å²) in [5.41, 5.74) is 0.670. The molecule has 0 atom stereocenters. The van der Waals surface area contributed by atoms with Crippen molar-refractivity contribution in [3.63, 3.8) is 0 Å². The van der Waals surface area contributed by atoms with E-state index in [1.54, 1.807) is 31.2 Å². The van der Waals surface area contributed by atoms with Crippen LogP contribution in [0.5, 0.6) is 0 Å². The van der Waals surface area contributed by atoms with E-state index in [9.17, 15) is 18.0 Å². The minimum Gasteiger partial charge on any atom is -0.462 e. The molecular formula is C18H20N2O5S. The van der Waals surface area contributed by atoms with Crippen LogP contribution < -0.4 is 5.32 Å². The van der Waals surface area contributed by atoms with Crippen LogP contribution in [0, 0.1) is 0 Å². The number of rotatable bonds is 6. The molecule has 0 saturated carbocycles. The largest absolute Gasteiger partial charge is 0.462 e. The van der Waals surface area contributed by atoms with E-state index in [-0.39, 0.29) is 28.3 Å². The van der Waals surface area contributed by atoms with Crippen LogP contribution in [0.1, 0.15) is 27.6 Å². The van der Waals surface area contributed by atoms with E-state index in [2.05, 4.69) is 5.32 Å². The molecule has 0 heterocycles. The topological polar surface area (TPSA) is 92.8 Å². The zero-order chi connectivity index (χ0) is 19.3. The SMILES string of the molecule is CCOC(=O)c1ccccc1NC(=O)c1cccc(S(=O)(=O)N(C)C)c1. The van der Waals surface area contributed by atoms with Crippen molar-refractivity contribution >= 4 is 27.6 Å². The Bertz CT molecular complexity index is 923. The fraction of sp³-hybridized carbons (Fsp3) is 0.222. The molecule has 0 aliphatic heterocycles. The summed E-state index contributed by atoms with van der Waals surface area (Å²) in [7, 11) is -0.827. The van der Waals surface area contributed by atoms with Crippen molar-refractivity contribution in [2.45, 2.75) is 11.8 Å². The molecule has 8 heteroatoms. The molecule has 0 bridgehead atoms. The van der Waals surface area contributed by atoms with Crippen LogP contribution in [0.3, 0.4) is 0 Å². The summed E-state index contributed by atoms with van der Waals surface area (Å²) in [6.07, 6.45) is 0. The molecular weight excluding hydrogens is 356 g/mol. The van der Waals surface area contributed by atoms with Gasteiger partial charge in [0.05, 0.1) is 22.8 Å². The van der Waals surface area contributed by atoms with Gasteiger partial charge in [-0.25, -0.2) is 17.5 Å². The number of nitrogens with zero attached hydrogens (tertiary/aromatic N) is 1. The summed E-state index contributed by atoms with van der Waals surface area (Å²) in [5, 5.41) is 2.63. The van der Waals surface area contributed by atoms with Crippen LogP contribution in [0.4, 0.5) is 5.69 Å². The van der Waals surface area contributed by atoms with Gasteiger partial charge >= 0.3 is 5.97 Å². The van der Waals surface area contributed by atoms with Crippen LogP contribution in [0.2, 0.25) is 0 Å². The first kappa shape index (κ1) is 19.6. The highest BCUT2D eigenvalue weighted by atomic mass is 32.2. The maximum absolute atomic E-state index is 12.5. The minimum absolute atomic E-state index is 0.00817. The summed E-state index contributed by atoms with van der Waals surface area (Å²) in [6.45, 7) is 1.90. The molecule has 0 fully saturated rings. The van der Waals surface area contributed by atoms with Gasteiger partial charge in [-0.3, -0.25) is 4.79 Å². The quantitative estimate of drug-likeness (QED) is 0.782.